The average molecular weight is 319 g/mol. The van der Waals surface area contributed by atoms with Crippen molar-refractivity contribution in [2.45, 2.75) is 38.3 Å². The van der Waals surface area contributed by atoms with E-state index in [9.17, 15) is 14.7 Å². The van der Waals surface area contributed by atoms with Crippen LogP contribution >= 0.6 is 0 Å². The summed E-state index contributed by atoms with van der Waals surface area (Å²) in [6.07, 6.45) is 2.84. The highest BCUT2D eigenvalue weighted by molar-refractivity contribution is 5.71. The SMILES string of the molecule is COC(C(C)[C@@H](Cc1ccccc1)C(=O)O)C1CCCN1C=O. The molecular formula is C18H25NO4. The molecule has 1 heterocycles. The molecule has 0 spiro atoms. The van der Waals surface area contributed by atoms with Crippen LogP contribution in [0.1, 0.15) is 25.3 Å². The predicted octanol–water partition coefficient (Wildman–Crippen LogP) is 2.20. The molecule has 0 aliphatic carbocycles. The van der Waals surface area contributed by atoms with Crippen LogP contribution in [-0.2, 0) is 20.7 Å². The van der Waals surface area contributed by atoms with E-state index in [1.54, 1.807) is 12.0 Å². The molecular weight excluding hydrogens is 294 g/mol. The molecule has 0 aromatic heterocycles. The van der Waals surface area contributed by atoms with Crippen LogP contribution < -0.4 is 0 Å². The Morgan fingerprint density at radius 2 is 2.13 bits per heavy atom. The quantitative estimate of drug-likeness (QED) is 0.746. The summed E-state index contributed by atoms with van der Waals surface area (Å²) < 4.78 is 5.63. The molecule has 1 aliphatic rings. The average Bonchev–Trinajstić information content (AvgIpc) is 3.02. The normalized spacial score (nSPS) is 21.7. The maximum atomic E-state index is 11.8. The second-order valence-electron chi connectivity index (χ2n) is 6.25. The Morgan fingerprint density at radius 1 is 1.43 bits per heavy atom. The number of rotatable bonds is 8. The first-order valence-corrected chi connectivity index (χ1v) is 8.09. The fraction of sp³-hybridized carbons (Fsp3) is 0.556. The number of hydrogen-bond acceptors (Lipinski definition) is 3. The number of nitrogens with zero attached hydrogens (tertiary/aromatic N) is 1. The fourth-order valence-corrected chi connectivity index (χ4v) is 3.62. The van der Waals surface area contributed by atoms with Crippen LogP contribution in [0.25, 0.3) is 0 Å². The van der Waals surface area contributed by atoms with Crippen molar-refractivity contribution in [3.63, 3.8) is 0 Å². The Balaban J connectivity index is 2.16. The van der Waals surface area contributed by atoms with Crippen molar-refractivity contribution in [3.05, 3.63) is 35.9 Å². The summed E-state index contributed by atoms with van der Waals surface area (Å²) in [6, 6.07) is 9.59. The van der Waals surface area contributed by atoms with E-state index >= 15 is 0 Å². The van der Waals surface area contributed by atoms with Gasteiger partial charge in [0, 0.05) is 13.7 Å². The van der Waals surface area contributed by atoms with E-state index < -0.39 is 11.9 Å². The van der Waals surface area contributed by atoms with Gasteiger partial charge in [0.05, 0.1) is 18.1 Å². The first kappa shape index (κ1) is 17.5. The molecule has 1 aromatic carbocycles. The van der Waals surface area contributed by atoms with Gasteiger partial charge in [-0.15, -0.1) is 0 Å². The molecule has 2 rings (SSSR count). The molecule has 5 nitrogen and oxygen atoms in total. The minimum absolute atomic E-state index is 0.0369. The van der Waals surface area contributed by atoms with E-state index in [4.69, 9.17) is 4.74 Å². The maximum absolute atomic E-state index is 11.8. The zero-order valence-electron chi connectivity index (χ0n) is 13.7. The first-order valence-electron chi connectivity index (χ1n) is 8.09. The van der Waals surface area contributed by atoms with Crippen molar-refractivity contribution < 1.29 is 19.4 Å². The predicted molar refractivity (Wildman–Crippen MR) is 87.0 cm³/mol. The number of carboxylic acid groups (broad SMARTS) is 1. The van der Waals surface area contributed by atoms with Crippen molar-refractivity contribution >= 4 is 12.4 Å². The highest BCUT2D eigenvalue weighted by atomic mass is 16.5. The molecule has 1 aromatic rings. The highest BCUT2D eigenvalue weighted by Gasteiger charge is 2.39. The van der Waals surface area contributed by atoms with Gasteiger partial charge in [-0.1, -0.05) is 37.3 Å². The van der Waals surface area contributed by atoms with Gasteiger partial charge in [-0.3, -0.25) is 9.59 Å². The van der Waals surface area contributed by atoms with Gasteiger partial charge >= 0.3 is 5.97 Å². The number of carbonyl (C=O) groups is 2. The summed E-state index contributed by atoms with van der Waals surface area (Å²) in [5, 5.41) is 9.68. The first-order chi connectivity index (χ1) is 11.1. The summed E-state index contributed by atoms with van der Waals surface area (Å²) >= 11 is 0. The molecule has 1 amide bonds. The Kier molecular flexibility index (Phi) is 6.16. The third-order valence-electron chi connectivity index (χ3n) is 4.90. The Morgan fingerprint density at radius 3 is 2.70 bits per heavy atom. The van der Waals surface area contributed by atoms with Gasteiger partial charge in [-0.05, 0) is 30.7 Å². The monoisotopic (exact) mass is 319 g/mol. The number of hydrogen-bond donors (Lipinski definition) is 1. The third-order valence-corrected chi connectivity index (χ3v) is 4.90. The van der Waals surface area contributed by atoms with Crippen molar-refractivity contribution in [2.24, 2.45) is 11.8 Å². The van der Waals surface area contributed by atoms with Crippen molar-refractivity contribution in [1.82, 2.24) is 4.90 Å². The standard InChI is InChI=1S/C18H25NO4/c1-13(17(23-2)16-9-6-10-19(16)12-20)15(18(21)22)11-14-7-4-3-5-8-14/h3-5,7-8,12-13,15-17H,6,9-11H2,1-2H3,(H,21,22)/t13?,15-,16?,17?/m1/s1. The molecule has 3 unspecified atom stereocenters. The van der Waals surface area contributed by atoms with E-state index in [-0.39, 0.29) is 18.1 Å². The fourth-order valence-electron chi connectivity index (χ4n) is 3.62. The number of methoxy groups -OCH3 is 1. The maximum Gasteiger partial charge on any atom is 0.307 e. The number of aliphatic carboxylic acids is 1. The van der Waals surface area contributed by atoms with Crippen LogP contribution in [-0.4, -0.2) is 48.2 Å². The van der Waals surface area contributed by atoms with E-state index in [2.05, 4.69) is 0 Å². The van der Waals surface area contributed by atoms with E-state index in [0.29, 0.717) is 6.42 Å². The largest absolute Gasteiger partial charge is 0.481 e. The zero-order chi connectivity index (χ0) is 16.8. The van der Waals surface area contributed by atoms with Gasteiger partial charge in [0.2, 0.25) is 6.41 Å². The summed E-state index contributed by atoms with van der Waals surface area (Å²) in [6.45, 7) is 2.63. The molecule has 1 fully saturated rings. The molecule has 0 bridgehead atoms. The van der Waals surface area contributed by atoms with Gasteiger partial charge in [0.15, 0.2) is 0 Å². The van der Waals surface area contributed by atoms with Crippen molar-refractivity contribution in [2.75, 3.05) is 13.7 Å². The topological polar surface area (TPSA) is 66.8 Å². The van der Waals surface area contributed by atoms with Gasteiger partial charge in [0.25, 0.3) is 0 Å². The molecule has 0 saturated carbocycles. The minimum Gasteiger partial charge on any atom is -0.481 e. The van der Waals surface area contributed by atoms with Crippen molar-refractivity contribution in [3.8, 4) is 0 Å². The third kappa shape index (κ3) is 4.10. The van der Waals surface area contributed by atoms with E-state index in [1.165, 1.54) is 0 Å². The molecule has 5 heteroatoms. The van der Waals surface area contributed by atoms with Gasteiger partial charge < -0.3 is 14.7 Å². The molecule has 4 atom stereocenters. The van der Waals surface area contributed by atoms with Crippen LogP contribution in [0.4, 0.5) is 0 Å². The van der Waals surface area contributed by atoms with Gasteiger partial charge in [-0.2, -0.15) is 0 Å². The van der Waals surface area contributed by atoms with E-state index in [1.807, 2.05) is 37.3 Å². The highest BCUT2D eigenvalue weighted by Crippen LogP contribution is 2.30. The summed E-state index contributed by atoms with van der Waals surface area (Å²) in [5.41, 5.74) is 1.00. The number of ether oxygens (including phenoxy) is 1. The number of likely N-dealkylation sites (tertiary alicyclic amines) is 1. The van der Waals surface area contributed by atoms with E-state index in [0.717, 1.165) is 31.4 Å². The molecule has 23 heavy (non-hydrogen) atoms. The van der Waals surface area contributed by atoms with Gasteiger partial charge in [-0.25, -0.2) is 0 Å². The van der Waals surface area contributed by atoms with Crippen LogP contribution in [0.2, 0.25) is 0 Å². The van der Waals surface area contributed by atoms with Gasteiger partial charge in [0.1, 0.15) is 0 Å². The number of carbonyl (C=O) groups excluding carboxylic acids is 1. The number of amides is 1. The second-order valence-corrected chi connectivity index (χ2v) is 6.25. The smallest absolute Gasteiger partial charge is 0.307 e. The lowest BCUT2D eigenvalue weighted by Gasteiger charge is -2.35. The lowest BCUT2D eigenvalue weighted by Crippen LogP contribution is -2.46. The van der Waals surface area contributed by atoms with Crippen molar-refractivity contribution in [1.29, 1.82) is 0 Å². The second kappa shape index (κ2) is 8.11. The number of benzene rings is 1. The molecule has 1 aliphatic heterocycles. The zero-order valence-corrected chi connectivity index (χ0v) is 13.7. The Hall–Kier alpha value is -1.88. The molecule has 0 radical (unpaired) electrons. The van der Waals surface area contributed by atoms with Crippen LogP contribution in [0.3, 0.4) is 0 Å². The summed E-state index contributed by atoms with van der Waals surface area (Å²) in [5.74, 6) is -1.56. The molecule has 1 N–H and O–H groups in total. The lowest BCUT2D eigenvalue weighted by atomic mass is 9.81. The Labute approximate surface area is 137 Å². The van der Waals surface area contributed by atoms with Crippen LogP contribution in [0.15, 0.2) is 30.3 Å². The van der Waals surface area contributed by atoms with Crippen LogP contribution in [0.5, 0.6) is 0 Å². The molecule has 126 valence electrons. The van der Waals surface area contributed by atoms with Crippen LogP contribution in [0, 0.1) is 11.8 Å². The lowest BCUT2D eigenvalue weighted by molar-refractivity contribution is -0.146. The summed E-state index contributed by atoms with van der Waals surface area (Å²) in [7, 11) is 1.60. The summed E-state index contributed by atoms with van der Waals surface area (Å²) in [4.78, 5) is 24.7. The minimum atomic E-state index is -0.820. The molecule has 1 saturated heterocycles. The Bertz CT molecular complexity index is 519. The number of carboxylic acids is 1.